The predicted octanol–water partition coefficient (Wildman–Crippen LogP) is -0.129. The Balaban J connectivity index is 4.88. The maximum Gasteiger partial charge on any atom is 0.640 e. The van der Waals surface area contributed by atoms with E-state index >= 15 is 0 Å². The molecule has 0 aliphatic carbocycles. The number of aliphatic hydroxyl groups excluding tert-OH is 1. The van der Waals surface area contributed by atoms with Crippen molar-refractivity contribution in [3.8, 4) is 0 Å². The van der Waals surface area contributed by atoms with Gasteiger partial charge in [0, 0.05) is 0 Å². The molecule has 0 saturated carbocycles. The normalized spacial score (nSPS) is 8.45. The summed E-state index contributed by atoms with van der Waals surface area (Å²) in [5, 5.41) is 28.0. The lowest BCUT2D eigenvalue weighted by atomic mass is 10.7. The minimum absolute atomic E-state index is 0.877. The van der Waals surface area contributed by atoms with E-state index in [0.29, 0.717) is 0 Å². The van der Waals surface area contributed by atoms with Crippen LogP contribution in [0.5, 0.6) is 0 Å². The van der Waals surface area contributed by atoms with Crippen LogP contribution in [0.3, 0.4) is 0 Å². The van der Waals surface area contributed by atoms with Gasteiger partial charge >= 0.3 is 11.8 Å². The zero-order valence-corrected chi connectivity index (χ0v) is 5.38. The maximum atomic E-state index is 9.81. The summed E-state index contributed by atoms with van der Waals surface area (Å²) in [7, 11) is 0.877. The fraction of sp³-hybridized carbons (Fsp3) is 0.333. The molecule has 0 rings (SSSR count). The second kappa shape index (κ2) is 3.34. The Morgan fingerprint density at radius 3 is 1.82 bits per heavy atom. The highest BCUT2D eigenvalue weighted by Crippen LogP contribution is 2.02. The van der Waals surface area contributed by atoms with Crippen LogP contribution in [-0.2, 0) is 4.74 Å². The van der Waals surface area contributed by atoms with Gasteiger partial charge in [-0.3, -0.25) is 20.2 Å². The van der Waals surface area contributed by atoms with Crippen molar-refractivity contribution < 1.29 is 19.7 Å². The van der Waals surface area contributed by atoms with E-state index in [-0.39, 0.29) is 0 Å². The number of nitro groups is 2. The van der Waals surface area contributed by atoms with Gasteiger partial charge in [-0.25, -0.2) is 0 Å². The van der Waals surface area contributed by atoms with E-state index in [0.717, 1.165) is 7.11 Å². The summed E-state index contributed by atoms with van der Waals surface area (Å²) in [5.74, 6) is -2.90. The first-order valence-electron chi connectivity index (χ1n) is 2.26. The van der Waals surface area contributed by atoms with Gasteiger partial charge in [-0.1, -0.05) is 0 Å². The molecule has 0 radical (unpaired) electrons. The average molecular weight is 164 g/mol. The van der Waals surface area contributed by atoms with E-state index in [1.54, 1.807) is 0 Å². The van der Waals surface area contributed by atoms with Crippen LogP contribution in [0.2, 0.25) is 0 Å². The molecular weight excluding hydrogens is 160 g/mol. The third kappa shape index (κ3) is 2.08. The summed E-state index contributed by atoms with van der Waals surface area (Å²) in [5.41, 5.74) is 0. The lowest BCUT2D eigenvalue weighted by molar-refractivity contribution is -0.621. The topological polar surface area (TPSA) is 116 Å². The lowest BCUT2D eigenvalue weighted by Gasteiger charge is -1.91. The van der Waals surface area contributed by atoms with Crippen LogP contribution in [-0.4, -0.2) is 22.1 Å². The fourth-order valence-electron chi connectivity index (χ4n) is 0.314. The van der Waals surface area contributed by atoms with Gasteiger partial charge in [0.05, 0.1) is 7.11 Å². The minimum Gasteiger partial charge on any atom is -0.471 e. The summed E-state index contributed by atoms with van der Waals surface area (Å²) < 4.78 is 3.89. The first-order valence-corrected chi connectivity index (χ1v) is 2.26. The summed E-state index contributed by atoms with van der Waals surface area (Å²) in [4.78, 5) is 16.9. The summed E-state index contributed by atoms with van der Waals surface area (Å²) >= 11 is 0. The van der Waals surface area contributed by atoms with Gasteiger partial charge in [-0.05, 0) is 0 Å². The van der Waals surface area contributed by atoms with E-state index in [9.17, 15) is 20.2 Å². The predicted molar refractivity (Wildman–Crippen MR) is 30.7 cm³/mol. The van der Waals surface area contributed by atoms with E-state index in [1.807, 2.05) is 0 Å². The van der Waals surface area contributed by atoms with E-state index < -0.39 is 21.6 Å². The van der Waals surface area contributed by atoms with E-state index in [4.69, 9.17) is 5.11 Å². The van der Waals surface area contributed by atoms with Gasteiger partial charge in [0.25, 0.3) is 0 Å². The monoisotopic (exact) mass is 164 g/mol. The van der Waals surface area contributed by atoms with Crippen molar-refractivity contribution in [3.05, 3.63) is 32.0 Å². The van der Waals surface area contributed by atoms with Gasteiger partial charge in [0.1, 0.15) is 9.85 Å². The molecule has 0 aromatic heterocycles. The second-order valence-electron chi connectivity index (χ2n) is 1.35. The molecule has 0 amide bonds. The van der Waals surface area contributed by atoms with E-state index in [2.05, 4.69) is 4.74 Å². The summed E-state index contributed by atoms with van der Waals surface area (Å²) in [6.07, 6.45) is 0. The van der Waals surface area contributed by atoms with Gasteiger partial charge < -0.3 is 9.84 Å². The van der Waals surface area contributed by atoms with Crippen LogP contribution in [0.15, 0.2) is 11.8 Å². The number of aliphatic hydroxyl groups is 1. The highest BCUT2D eigenvalue weighted by Gasteiger charge is 2.34. The van der Waals surface area contributed by atoms with Crippen LogP contribution in [0, 0.1) is 20.2 Å². The van der Waals surface area contributed by atoms with Crippen molar-refractivity contribution in [2.45, 2.75) is 0 Å². The largest absolute Gasteiger partial charge is 0.640 e. The molecule has 0 atom stereocenters. The zero-order chi connectivity index (χ0) is 9.02. The Kier molecular flexibility index (Phi) is 2.78. The molecule has 11 heavy (non-hydrogen) atoms. The van der Waals surface area contributed by atoms with Crippen LogP contribution < -0.4 is 0 Å². The number of methoxy groups -OCH3 is 1. The fourth-order valence-corrected chi connectivity index (χ4v) is 0.314. The lowest BCUT2D eigenvalue weighted by Crippen LogP contribution is -2.13. The highest BCUT2D eigenvalue weighted by molar-refractivity contribution is 4.79. The molecule has 0 aromatic rings. The molecule has 0 aliphatic heterocycles. The van der Waals surface area contributed by atoms with Gasteiger partial charge in [0.15, 0.2) is 0 Å². The van der Waals surface area contributed by atoms with Crippen molar-refractivity contribution in [2.24, 2.45) is 0 Å². The molecule has 0 aromatic carbocycles. The first-order chi connectivity index (χ1) is 5.00. The van der Waals surface area contributed by atoms with Crippen molar-refractivity contribution in [1.29, 1.82) is 0 Å². The smallest absolute Gasteiger partial charge is 0.471 e. The Morgan fingerprint density at radius 1 is 1.36 bits per heavy atom. The Bertz CT molecular complexity index is 204. The highest BCUT2D eigenvalue weighted by atomic mass is 16.7. The Labute approximate surface area is 60.0 Å². The molecule has 62 valence electrons. The van der Waals surface area contributed by atoms with Crippen LogP contribution in [0.4, 0.5) is 0 Å². The first kappa shape index (κ1) is 9.14. The van der Waals surface area contributed by atoms with Gasteiger partial charge in [-0.15, -0.1) is 0 Å². The Morgan fingerprint density at radius 2 is 1.73 bits per heavy atom. The zero-order valence-electron chi connectivity index (χ0n) is 5.38. The third-order valence-electron chi connectivity index (χ3n) is 0.731. The second-order valence-corrected chi connectivity index (χ2v) is 1.35. The average Bonchev–Trinajstić information content (AvgIpc) is 1.85. The Hall–Kier alpha value is -1.86. The van der Waals surface area contributed by atoms with Gasteiger partial charge in [0.2, 0.25) is 0 Å². The van der Waals surface area contributed by atoms with Gasteiger partial charge in [-0.2, -0.15) is 0 Å². The number of hydrogen-bond acceptors (Lipinski definition) is 6. The summed E-state index contributed by atoms with van der Waals surface area (Å²) in [6.45, 7) is 0. The van der Waals surface area contributed by atoms with E-state index in [1.165, 1.54) is 0 Å². The molecule has 1 N–H and O–H groups in total. The number of ether oxygens (including phenoxy) is 1. The molecule has 0 aliphatic rings. The molecule has 0 saturated heterocycles. The van der Waals surface area contributed by atoms with Crippen molar-refractivity contribution >= 4 is 0 Å². The molecule has 0 heterocycles. The standard InChI is InChI=1S/C3H4N2O6/c1-11-3(6)2(4(7)8)5(9)10/h6H,1H3. The van der Waals surface area contributed by atoms with Crippen molar-refractivity contribution in [2.75, 3.05) is 7.11 Å². The number of hydrogen-bond donors (Lipinski definition) is 1. The molecule has 0 bridgehead atoms. The molecule has 0 unspecified atom stereocenters. The number of nitrogens with zero attached hydrogens (tertiary/aromatic N) is 2. The molecule has 8 nitrogen and oxygen atoms in total. The van der Waals surface area contributed by atoms with Crippen molar-refractivity contribution in [3.63, 3.8) is 0 Å². The van der Waals surface area contributed by atoms with Crippen molar-refractivity contribution in [1.82, 2.24) is 0 Å². The minimum atomic E-state index is -1.58. The summed E-state index contributed by atoms with van der Waals surface area (Å²) in [6, 6.07) is 0. The molecule has 0 spiro atoms. The molecule has 8 heteroatoms. The maximum absolute atomic E-state index is 9.81. The third-order valence-corrected chi connectivity index (χ3v) is 0.731. The number of rotatable bonds is 3. The van der Waals surface area contributed by atoms with Crippen LogP contribution >= 0.6 is 0 Å². The van der Waals surface area contributed by atoms with Crippen LogP contribution in [0.1, 0.15) is 0 Å². The SMILES string of the molecule is COC(O)=C([N+](=O)[O-])[N+](=O)[O-]. The van der Waals surface area contributed by atoms with Crippen LogP contribution in [0.25, 0.3) is 0 Å². The molecular formula is C3H4N2O6. The quantitative estimate of drug-likeness (QED) is 0.352. The molecule has 0 fully saturated rings.